The van der Waals surface area contributed by atoms with Gasteiger partial charge in [-0.3, -0.25) is 4.98 Å². The molecular weight excluding hydrogens is 458 g/mol. The van der Waals surface area contributed by atoms with Gasteiger partial charge in [-0.1, -0.05) is 0 Å². The number of aromatic nitrogens is 1. The molecule has 1 spiro atoms. The monoisotopic (exact) mass is 478 g/mol. The van der Waals surface area contributed by atoms with Crippen LogP contribution in [0.3, 0.4) is 0 Å². The molecule has 1 saturated carbocycles. The van der Waals surface area contributed by atoms with E-state index >= 15 is 4.39 Å². The Morgan fingerprint density at radius 3 is 2.85 bits per heavy atom. The quantitative estimate of drug-likeness (QED) is 0.650. The molecule has 5 heterocycles. The van der Waals surface area contributed by atoms with Crippen molar-refractivity contribution in [1.29, 1.82) is 5.26 Å². The second-order valence-electron chi connectivity index (χ2n) is 9.56. The molecule has 1 unspecified atom stereocenters. The average molecular weight is 479 g/mol. The smallest absolute Gasteiger partial charge is 0.199 e. The Bertz CT molecular complexity index is 1460. The van der Waals surface area contributed by atoms with Crippen molar-refractivity contribution < 1.29 is 13.5 Å². The van der Waals surface area contributed by atoms with Gasteiger partial charge in [0, 0.05) is 35.8 Å². The van der Waals surface area contributed by atoms with Crippen LogP contribution in [0.15, 0.2) is 39.9 Å². The molecule has 0 amide bonds. The van der Waals surface area contributed by atoms with Gasteiger partial charge in [-0.25, -0.2) is 13.8 Å². The number of ether oxygens (including phenoxy) is 1. The first-order valence-corrected chi connectivity index (χ1v) is 12.1. The number of fused-ring (bicyclic) bond motifs is 3. The molecule has 2 fully saturated rings. The molecule has 7 rings (SSSR count). The van der Waals surface area contributed by atoms with Crippen molar-refractivity contribution in [2.75, 3.05) is 32.0 Å². The topological polar surface area (TPSA) is 99.6 Å². The number of nitrogen functional groups attached to an aromatic ring is 1. The molecule has 0 aromatic carbocycles. The van der Waals surface area contributed by atoms with Gasteiger partial charge in [0.15, 0.2) is 11.8 Å². The van der Waals surface area contributed by atoms with Gasteiger partial charge in [-0.05, 0) is 35.8 Å². The summed E-state index contributed by atoms with van der Waals surface area (Å²) in [6, 6.07) is 1.20. The number of nitrogens with zero attached hydrogens (tertiary/aromatic N) is 4. The molecule has 2 aromatic heterocycles. The highest BCUT2D eigenvalue weighted by Gasteiger charge is 2.49. The molecule has 172 valence electrons. The van der Waals surface area contributed by atoms with E-state index in [1.54, 1.807) is 0 Å². The number of nitrogens with one attached hydrogen (secondary N) is 1. The molecule has 5 aliphatic rings. The lowest BCUT2D eigenvalue weighted by atomic mass is 9.82. The lowest BCUT2D eigenvalue weighted by molar-refractivity contribution is 0.207. The number of halogens is 2. The van der Waals surface area contributed by atoms with E-state index in [-0.39, 0.29) is 38.5 Å². The van der Waals surface area contributed by atoms with E-state index in [0.717, 1.165) is 48.2 Å². The van der Waals surface area contributed by atoms with Gasteiger partial charge >= 0.3 is 0 Å². The molecule has 1 atom stereocenters. The zero-order valence-corrected chi connectivity index (χ0v) is 18.9. The zero-order chi connectivity index (χ0) is 23.2. The molecule has 3 aliphatic heterocycles. The second kappa shape index (κ2) is 6.87. The SMILES string of the molecule is N#Cc1c(N)sc2c(F)cnc(C3=C(F)C4N=C(N5CCC6(CC6)C5)NC=C4C4=C3COC4)c12. The molecule has 2 aromatic rings. The van der Waals surface area contributed by atoms with Crippen LogP contribution in [0.25, 0.3) is 15.7 Å². The van der Waals surface area contributed by atoms with Crippen LogP contribution in [0.5, 0.6) is 0 Å². The van der Waals surface area contributed by atoms with Crippen molar-refractivity contribution >= 4 is 38.0 Å². The molecular formula is C24H20F2N6OS. The minimum Gasteiger partial charge on any atom is -0.389 e. The van der Waals surface area contributed by atoms with E-state index in [4.69, 9.17) is 15.5 Å². The van der Waals surface area contributed by atoms with Gasteiger partial charge in [0.2, 0.25) is 0 Å². The number of rotatable bonds is 1. The lowest BCUT2D eigenvalue weighted by Gasteiger charge is -2.31. The summed E-state index contributed by atoms with van der Waals surface area (Å²) >= 11 is 0.973. The number of thiophene rings is 1. The molecule has 0 bridgehead atoms. The summed E-state index contributed by atoms with van der Waals surface area (Å²) in [6.07, 6.45) is 6.51. The maximum Gasteiger partial charge on any atom is 0.199 e. The van der Waals surface area contributed by atoms with E-state index in [1.165, 1.54) is 12.8 Å². The fourth-order valence-electron chi connectivity index (χ4n) is 5.60. The highest BCUT2D eigenvalue weighted by molar-refractivity contribution is 7.23. The number of hydrogen-bond acceptors (Lipinski definition) is 8. The van der Waals surface area contributed by atoms with Crippen LogP contribution < -0.4 is 11.1 Å². The lowest BCUT2D eigenvalue weighted by Crippen LogP contribution is -2.42. The summed E-state index contributed by atoms with van der Waals surface area (Å²) in [5, 5.41) is 13.4. The Balaban J connectivity index is 1.40. The Kier molecular flexibility index (Phi) is 4.06. The number of aliphatic imine (C=N–C) groups is 1. The van der Waals surface area contributed by atoms with Crippen molar-refractivity contribution in [3.8, 4) is 6.07 Å². The highest BCUT2D eigenvalue weighted by Crippen LogP contribution is 2.53. The van der Waals surface area contributed by atoms with E-state index in [2.05, 4.69) is 15.2 Å². The summed E-state index contributed by atoms with van der Waals surface area (Å²) in [7, 11) is 0. The number of nitriles is 1. The Hall–Kier alpha value is -3.29. The van der Waals surface area contributed by atoms with E-state index in [0.29, 0.717) is 23.6 Å². The summed E-state index contributed by atoms with van der Waals surface area (Å²) in [5.41, 5.74) is 9.23. The molecule has 1 saturated heterocycles. The van der Waals surface area contributed by atoms with E-state index in [9.17, 15) is 9.65 Å². The third-order valence-corrected chi connectivity index (χ3v) is 8.66. The van der Waals surface area contributed by atoms with Crippen molar-refractivity contribution in [3.05, 3.63) is 52.0 Å². The highest BCUT2D eigenvalue weighted by atomic mass is 32.1. The second-order valence-corrected chi connectivity index (χ2v) is 10.6. The first kappa shape index (κ1) is 20.1. The molecule has 3 N–H and O–H groups in total. The van der Waals surface area contributed by atoms with Gasteiger partial charge in [-0.2, -0.15) is 5.26 Å². The number of nitrogens with two attached hydrogens (primary N) is 1. The fourth-order valence-corrected chi connectivity index (χ4v) is 6.52. The molecule has 34 heavy (non-hydrogen) atoms. The van der Waals surface area contributed by atoms with Gasteiger partial charge in [0.05, 0.1) is 35.4 Å². The minimum absolute atomic E-state index is 0.117. The van der Waals surface area contributed by atoms with Crippen LogP contribution in [0.4, 0.5) is 13.8 Å². The van der Waals surface area contributed by atoms with Gasteiger partial charge < -0.3 is 20.7 Å². The van der Waals surface area contributed by atoms with E-state index < -0.39 is 17.7 Å². The summed E-state index contributed by atoms with van der Waals surface area (Å²) < 4.78 is 36.8. The first-order valence-electron chi connectivity index (χ1n) is 11.3. The molecule has 2 aliphatic carbocycles. The number of pyridine rings is 1. The van der Waals surface area contributed by atoms with Gasteiger partial charge in [0.25, 0.3) is 0 Å². The molecule has 10 heteroatoms. The predicted molar refractivity (Wildman–Crippen MR) is 125 cm³/mol. The normalized spacial score (nSPS) is 24.7. The van der Waals surface area contributed by atoms with Gasteiger partial charge in [0.1, 0.15) is 22.9 Å². The first-order chi connectivity index (χ1) is 16.5. The van der Waals surface area contributed by atoms with Crippen LogP contribution in [-0.2, 0) is 4.74 Å². The fraction of sp³-hybridized carbons (Fsp3) is 0.375. The van der Waals surface area contributed by atoms with Crippen molar-refractivity contribution in [2.45, 2.75) is 25.3 Å². The zero-order valence-electron chi connectivity index (χ0n) is 18.1. The Morgan fingerprint density at radius 1 is 1.26 bits per heavy atom. The van der Waals surface area contributed by atoms with Crippen LogP contribution in [0.2, 0.25) is 0 Å². The van der Waals surface area contributed by atoms with Crippen LogP contribution in [-0.4, -0.2) is 48.2 Å². The largest absolute Gasteiger partial charge is 0.389 e. The number of likely N-dealkylation sites (tertiary alicyclic amines) is 1. The number of guanidine groups is 1. The standard InChI is InChI=1S/C24H20F2N6OS/c25-15-7-29-20(17-11(5-27)22(28)34-21(15)17)16-14-9-33-8-13(14)12-6-30-23(31-19(12)18(16)26)32-4-3-24(10-32)1-2-24/h6-7,19H,1-4,8-10,28H2,(H,30,31). The Morgan fingerprint density at radius 2 is 2.09 bits per heavy atom. The average Bonchev–Trinajstić information content (AvgIpc) is 3.16. The Labute approximate surface area is 197 Å². The summed E-state index contributed by atoms with van der Waals surface area (Å²) in [5.74, 6) is -0.384. The maximum atomic E-state index is 16.4. The van der Waals surface area contributed by atoms with Crippen molar-refractivity contribution in [2.24, 2.45) is 10.4 Å². The summed E-state index contributed by atoms with van der Waals surface area (Å²) in [4.78, 5) is 11.3. The van der Waals surface area contributed by atoms with Crippen LogP contribution in [0, 0.1) is 22.6 Å². The number of hydrogen-bond donors (Lipinski definition) is 2. The van der Waals surface area contributed by atoms with Crippen LogP contribution in [0.1, 0.15) is 30.5 Å². The minimum atomic E-state index is -0.842. The third-order valence-electron chi connectivity index (χ3n) is 7.63. The van der Waals surface area contributed by atoms with Crippen molar-refractivity contribution in [3.63, 3.8) is 0 Å². The maximum absolute atomic E-state index is 16.4. The molecule has 7 nitrogen and oxygen atoms in total. The summed E-state index contributed by atoms with van der Waals surface area (Å²) in [6.45, 7) is 2.37. The van der Waals surface area contributed by atoms with Gasteiger partial charge in [-0.15, -0.1) is 11.3 Å². The number of anilines is 1. The van der Waals surface area contributed by atoms with E-state index in [1.807, 2.05) is 12.3 Å². The van der Waals surface area contributed by atoms with Crippen molar-refractivity contribution in [1.82, 2.24) is 15.2 Å². The van der Waals surface area contributed by atoms with Crippen LogP contribution >= 0.6 is 11.3 Å². The predicted octanol–water partition coefficient (Wildman–Crippen LogP) is 3.61. The third kappa shape index (κ3) is 2.68. The molecule has 0 radical (unpaired) electrons.